The van der Waals surface area contributed by atoms with Crippen LogP contribution in [0.3, 0.4) is 0 Å². The zero-order chi connectivity index (χ0) is 11.8. The third-order valence-electron chi connectivity index (χ3n) is 2.83. The van der Waals surface area contributed by atoms with Gasteiger partial charge in [0.15, 0.2) is 0 Å². The molecule has 0 aliphatic carbocycles. The lowest BCUT2D eigenvalue weighted by Gasteiger charge is -2.15. The zero-order valence-corrected chi connectivity index (χ0v) is 10.8. The average molecular weight is 220 g/mol. The van der Waals surface area contributed by atoms with E-state index in [2.05, 4.69) is 48.5 Å². The Morgan fingerprint density at radius 2 is 2.06 bits per heavy atom. The van der Waals surface area contributed by atoms with Crippen LogP contribution in [0, 0.1) is 6.92 Å². The first-order valence-electron chi connectivity index (χ1n) is 6.11. The van der Waals surface area contributed by atoms with Gasteiger partial charge in [-0.3, -0.25) is 0 Å². The van der Waals surface area contributed by atoms with E-state index in [-0.39, 0.29) is 0 Å². The second-order valence-electron chi connectivity index (χ2n) is 4.50. The molecule has 0 atom stereocenters. The highest BCUT2D eigenvalue weighted by Gasteiger charge is 1.98. The number of hydrogen-bond donors (Lipinski definition) is 1. The molecule has 1 rings (SSSR count). The van der Waals surface area contributed by atoms with E-state index in [1.54, 1.807) is 0 Å². The summed E-state index contributed by atoms with van der Waals surface area (Å²) in [5.41, 5.74) is 2.82. The van der Waals surface area contributed by atoms with Crippen molar-refractivity contribution in [2.24, 2.45) is 0 Å². The molecule has 0 aliphatic heterocycles. The molecule has 1 aromatic carbocycles. The van der Waals surface area contributed by atoms with Crippen molar-refractivity contribution in [2.45, 2.75) is 19.8 Å². The SMILES string of the molecule is CNCCN(C)CCCc1cccc(C)c1. The average Bonchev–Trinajstić information content (AvgIpc) is 2.26. The van der Waals surface area contributed by atoms with Crippen LogP contribution in [0.15, 0.2) is 24.3 Å². The van der Waals surface area contributed by atoms with E-state index in [4.69, 9.17) is 0 Å². The number of nitrogens with one attached hydrogen (secondary N) is 1. The number of benzene rings is 1. The minimum Gasteiger partial charge on any atom is -0.318 e. The lowest BCUT2D eigenvalue weighted by atomic mass is 10.1. The Bertz CT molecular complexity index is 297. The van der Waals surface area contributed by atoms with Gasteiger partial charge in [-0.25, -0.2) is 0 Å². The highest BCUT2D eigenvalue weighted by Crippen LogP contribution is 2.06. The van der Waals surface area contributed by atoms with E-state index in [1.807, 2.05) is 7.05 Å². The van der Waals surface area contributed by atoms with E-state index in [0.29, 0.717) is 0 Å². The molecule has 1 aromatic rings. The largest absolute Gasteiger partial charge is 0.318 e. The third kappa shape index (κ3) is 5.29. The van der Waals surface area contributed by atoms with Crippen molar-refractivity contribution < 1.29 is 0 Å². The second kappa shape index (κ2) is 7.42. The number of likely N-dealkylation sites (N-methyl/N-ethyl adjacent to an activating group) is 2. The summed E-state index contributed by atoms with van der Waals surface area (Å²) in [4.78, 5) is 2.38. The second-order valence-corrected chi connectivity index (χ2v) is 4.50. The Morgan fingerprint density at radius 3 is 2.75 bits per heavy atom. The van der Waals surface area contributed by atoms with Crippen molar-refractivity contribution in [3.63, 3.8) is 0 Å². The molecule has 0 radical (unpaired) electrons. The molecule has 0 aromatic heterocycles. The first-order chi connectivity index (χ1) is 7.72. The van der Waals surface area contributed by atoms with E-state index in [9.17, 15) is 0 Å². The minimum absolute atomic E-state index is 1.07. The molecule has 0 unspecified atom stereocenters. The summed E-state index contributed by atoms with van der Waals surface area (Å²) >= 11 is 0. The standard InChI is InChI=1S/C14H24N2/c1-13-6-4-7-14(12-13)8-5-10-16(3)11-9-15-2/h4,6-7,12,15H,5,8-11H2,1-3H3. The fraction of sp³-hybridized carbons (Fsp3) is 0.571. The van der Waals surface area contributed by atoms with Gasteiger partial charge in [-0.15, -0.1) is 0 Å². The predicted molar refractivity (Wildman–Crippen MR) is 70.9 cm³/mol. The van der Waals surface area contributed by atoms with Crippen LogP contribution >= 0.6 is 0 Å². The summed E-state index contributed by atoms with van der Waals surface area (Å²) in [7, 11) is 4.19. The molecule has 0 spiro atoms. The maximum Gasteiger partial charge on any atom is 0.0104 e. The quantitative estimate of drug-likeness (QED) is 0.757. The van der Waals surface area contributed by atoms with Crippen LogP contribution in [-0.2, 0) is 6.42 Å². The summed E-state index contributed by atoms with van der Waals surface area (Å²) in [5.74, 6) is 0. The molecule has 16 heavy (non-hydrogen) atoms. The van der Waals surface area contributed by atoms with Crippen LogP contribution in [0.1, 0.15) is 17.5 Å². The van der Waals surface area contributed by atoms with E-state index < -0.39 is 0 Å². The molecule has 1 N–H and O–H groups in total. The fourth-order valence-corrected chi connectivity index (χ4v) is 1.84. The van der Waals surface area contributed by atoms with Crippen LogP contribution in [0.2, 0.25) is 0 Å². The topological polar surface area (TPSA) is 15.3 Å². The number of rotatable bonds is 7. The van der Waals surface area contributed by atoms with Crippen LogP contribution in [0.5, 0.6) is 0 Å². The lowest BCUT2D eigenvalue weighted by molar-refractivity contribution is 0.331. The van der Waals surface area contributed by atoms with Crippen molar-refractivity contribution in [1.82, 2.24) is 10.2 Å². The number of nitrogens with zero attached hydrogens (tertiary/aromatic N) is 1. The highest BCUT2D eigenvalue weighted by atomic mass is 15.1. The van der Waals surface area contributed by atoms with Crippen molar-refractivity contribution in [1.29, 1.82) is 0 Å². The Kier molecular flexibility index (Phi) is 6.12. The molecular formula is C14H24N2. The van der Waals surface area contributed by atoms with Gasteiger partial charge in [-0.05, 0) is 46.0 Å². The third-order valence-corrected chi connectivity index (χ3v) is 2.83. The van der Waals surface area contributed by atoms with Gasteiger partial charge in [-0.1, -0.05) is 29.8 Å². The molecule has 0 saturated carbocycles. The van der Waals surface area contributed by atoms with E-state index in [1.165, 1.54) is 30.5 Å². The molecule has 0 fully saturated rings. The molecule has 90 valence electrons. The molecule has 0 saturated heterocycles. The molecule has 0 bridgehead atoms. The monoisotopic (exact) mass is 220 g/mol. The Morgan fingerprint density at radius 1 is 1.25 bits per heavy atom. The summed E-state index contributed by atoms with van der Waals surface area (Å²) in [6.07, 6.45) is 2.43. The summed E-state index contributed by atoms with van der Waals surface area (Å²) in [6.45, 7) is 5.53. The number of hydrogen-bond acceptors (Lipinski definition) is 2. The molecule has 0 heterocycles. The highest BCUT2D eigenvalue weighted by molar-refractivity contribution is 5.22. The number of aryl methyl sites for hydroxylation is 2. The van der Waals surface area contributed by atoms with Gasteiger partial charge in [0.2, 0.25) is 0 Å². The van der Waals surface area contributed by atoms with Crippen LogP contribution in [-0.4, -0.2) is 38.6 Å². The van der Waals surface area contributed by atoms with E-state index in [0.717, 1.165) is 13.1 Å². The Hall–Kier alpha value is -0.860. The van der Waals surface area contributed by atoms with Crippen molar-refractivity contribution >= 4 is 0 Å². The summed E-state index contributed by atoms with van der Waals surface area (Å²) < 4.78 is 0. The van der Waals surface area contributed by atoms with Gasteiger partial charge in [-0.2, -0.15) is 0 Å². The zero-order valence-electron chi connectivity index (χ0n) is 10.8. The van der Waals surface area contributed by atoms with Crippen LogP contribution < -0.4 is 5.32 Å². The van der Waals surface area contributed by atoms with Gasteiger partial charge in [0, 0.05) is 13.1 Å². The predicted octanol–water partition coefficient (Wildman–Crippen LogP) is 2.08. The fourth-order valence-electron chi connectivity index (χ4n) is 1.84. The molecule has 0 aliphatic rings. The van der Waals surface area contributed by atoms with Gasteiger partial charge in [0.1, 0.15) is 0 Å². The van der Waals surface area contributed by atoms with Crippen LogP contribution in [0.25, 0.3) is 0 Å². The Labute approximate surface area is 99.7 Å². The summed E-state index contributed by atoms with van der Waals surface area (Å²) in [5, 5.41) is 3.17. The van der Waals surface area contributed by atoms with E-state index >= 15 is 0 Å². The van der Waals surface area contributed by atoms with Gasteiger partial charge in [0.25, 0.3) is 0 Å². The van der Waals surface area contributed by atoms with Crippen LogP contribution in [0.4, 0.5) is 0 Å². The normalized spacial score (nSPS) is 11.0. The lowest BCUT2D eigenvalue weighted by Crippen LogP contribution is -2.28. The Balaban J connectivity index is 2.20. The first-order valence-corrected chi connectivity index (χ1v) is 6.11. The molecular weight excluding hydrogens is 196 g/mol. The maximum absolute atomic E-state index is 3.17. The summed E-state index contributed by atoms with van der Waals surface area (Å²) in [6, 6.07) is 8.81. The van der Waals surface area contributed by atoms with Gasteiger partial charge >= 0.3 is 0 Å². The van der Waals surface area contributed by atoms with Crippen molar-refractivity contribution in [3.05, 3.63) is 35.4 Å². The molecule has 0 amide bonds. The van der Waals surface area contributed by atoms with Crippen molar-refractivity contribution in [3.8, 4) is 0 Å². The first kappa shape index (κ1) is 13.2. The molecule has 2 heteroatoms. The van der Waals surface area contributed by atoms with Gasteiger partial charge in [0.05, 0.1) is 0 Å². The van der Waals surface area contributed by atoms with Crippen molar-refractivity contribution in [2.75, 3.05) is 33.7 Å². The maximum atomic E-state index is 3.17. The smallest absolute Gasteiger partial charge is 0.0104 e. The van der Waals surface area contributed by atoms with Gasteiger partial charge < -0.3 is 10.2 Å². The molecule has 2 nitrogen and oxygen atoms in total. The minimum atomic E-state index is 1.07.